The van der Waals surface area contributed by atoms with E-state index in [0.29, 0.717) is 12.3 Å². The molecule has 0 radical (unpaired) electrons. The lowest BCUT2D eigenvalue weighted by Crippen LogP contribution is -2.38. The van der Waals surface area contributed by atoms with Crippen LogP contribution in [0.3, 0.4) is 0 Å². The van der Waals surface area contributed by atoms with Crippen LogP contribution in [0.25, 0.3) is 0 Å². The summed E-state index contributed by atoms with van der Waals surface area (Å²) in [6, 6.07) is -0.334. The average molecular weight is 203 g/mol. The molecule has 82 valence electrons. The molecular weight excluding hydrogens is 186 g/mol. The molecule has 1 amide bonds. The third-order valence-corrected chi connectivity index (χ3v) is 1.67. The number of carbonyl (C=O) groups is 1. The number of amides is 1. The molecule has 0 saturated carbocycles. The fraction of sp³-hybridized carbons (Fsp3) is 0.750. The molecule has 0 aliphatic heterocycles. The first-order chi connectivity index (χ1) is 6.45. The molecule has 0 aliphatic carbocycles. The fourth-order valence-electron chi connectivity index (χ4n) is 1.23. The van der Waals surface area contributed by atoms with Crippen molar-refractivity contribution < 1.29 is 15.1 Å². The second-order valence-corrected chi connectivity index (χ2v) is 3.57. The summed E-state index contributed by atoms with van der Waals surface area (Å²) < 4.78 is 0. The maximum Gasteiger partial charge on any atom is 0.404 e. The standard InChI is InChI=1S/C8H17N3O3/c1-5(2)3-6(10-8(12)13)4-7(9)11-14/h5-6,10,14H,3-4H2,1-2H3,(H2,9,11)(H,12,13). The van der Waals surface area contributed by atoms with Crippen molar-refractivity contribution in [2.24, 2.45) is 5.92 Å². The number of hydrogen-bond acceptors (Lipinski definition) is 3. The van der Waals surface area contributed by atoms with Crippen LogP contribution >= 0.6 is 0 Å². The van der Waals surface area contributed by atoms with Crippen molar-refractivity contribution in [3.63, 3.8) is 0 Å². The number of hydroxylamine groups is 1. The van der Waals surface area contributed by atoms with E-state index in [1.807, 2.05) is 13.8 Å². The SMILES string of the molecule is CC(C)CC(CC(=N)NO)NC(=O)O. The Morgan fingerprint density at radius 1 is 1.50 bits per heavy atom. The Balaban J connectivity index is 4.09. The molecule has 1 unspecified atom stereocenters. The van der Waals surface area contributed by atoms with Gasteiger partial charge >= 0.3 is 6.09 Å². The number of amidine groups is 1. The van der Waals surface area contributed by atoms with Gasteiger partial charge in [0.2, 0.25) is 0 Å². The van der Waals surface area contributed by atoms with Gasteiger partial charge in [0.15, 0.2) is 0 Å². The molecule has 0 heterocycles. The Labute approximate surface area is 82.8 Å². The Morgan fingerprint density at radius 2 is 2.07 bits per heavy atom. The molecular formula is C8H17N3O3. The zero-order valence-corrected chi connectivity index (χ0v) is 8.37. The molecule has 14 heavy (non-hydrogen) atoms. The minimum Gasteiger partial charge on any atom is -0.465 e. The number of carboxylic acid groups (broad SMARTS) is 1. The predicted molar refractivity (Wildman–Crippen MR) is 51.7 cm³/mol. The van der Waals surface area contributed by atoms with Crippen molar-refractivity contribution in [1.82, 2.24) is 10.8 Å². The number of rotatable bonds is 5. The van der Waals surface area contributed by atoms with Crippen LogP contribution in [0.5, 0.6) is 0 Å². The highest BCUT2D eigenvalue weighted by atomic mass is 16.5. The van der Waals surface area contributed by atoms with E-state index < -0.39 is 6.09 Å². The molecule has 0 fully saturated rings. The van der Waals surface area contributed by atoms with Crippen LogP contribution in [0.2, 0.25) is 0 Å². The van der Waals surface area contributed by atoms with Gasteiger partial charge in [0.1, 0.15) is 5.84 Å². The zero-order valence-electron chi connectivity index (χ0n) is 8.37. The van der Waals surface area contributed by atoms with Crippen LogP contribution in [-0.4, -0.2) is 28.3 Å². The van der Waals surface area contributed by atoms with E-state index in [1.54, 1.807) is 5.48 Å². The summed E-state index contributed by atoms with van der Waals surface area (Å²) in [4.78, 5) is 10.4. The van der Waals surface area contributed by atoms with Gasteiger partial charge in [-0.2, -0.15) is 0 Å². The maximum atomic E-state index is 10.4. The first-order valence-electron chi connectivity index (χ1n) is 4.42. The molecule has 5 N–H and O–H groups in total. The van der Waals surface area contributed by atoms with Crippen molar-refractivity contribution >= 4 is 11.9 Å². The molecule has 0 bridgehead atoms. The van der Waals surface area contributed by atoms with Gasteiger partial charge in [-0.15, -0.1) is 0 Å². The van der Waals surface area contributed by atoms with Gasteiger partial charge < -0.3 is 10.4 Å². The van der Waals surface area contributed by atoms with Gasteiger partial charge in [-0.05, 0) is 12.3 Å². The molecule has 0 aromatic rings. The van der Waals surface area contributed by atoms with Crippen molar-refractivity contribution in [3.05, 3.63) is 0 Å². The Hall–Kier alpha value is -1.30. The van der Waals surface area contributed by atoms with Crippen LogP contribution < -0.4 is 10.8 Å². The normalized spacial score (nSPS) is 12.3. The molecule has 6 nitrogen and oxygen atoms in total. The van der Waals surface area contributed by atoms with Crippen molar-refractivity contribution in [2.75, 3.05) is 0 Å². The van der Waals surface area contributed by atoms with Crippen molar-refractivity contribution in [2.45, 2.75) is 32.7 Å². The van der Waals surface area contributed by atoms with Gasteiger partial charge in [-0.25, -0.2) is 4.79 Å². The predicted octanol–water partition coefficient (Wildman–Crippen LogP) is 1.01. The Bertz CT molecular complexity index is 206. The number of nitrogens with one attached hydrogen (secondary N) is 3. The summed E-state index contributed by atoms with van der Waals surface area (Å²) in [5.74, 6) is 0.239. The first-order valence-corrected chi connectivity index (χ1v) is 4.42. The molecule has 0 aromatic heterocycles. The quantitative estimate of drug-likeness (QED) is 0.261. The smallest absolute Gasteiger partial charge is 0.404 e. The molecule has 0 aliphatic rings. The largest absolute Gasteiger partial charge is 0.465 e. The topological polar surface area (TPSA) is 105 Å². The van der Waals surface area contributed by atoms with E-state index in [-0.39, 0.29) is 18.3 Å². The Morgan fingerprint density at radius 3 is 2.43 bits per heavy atom. The second-order valence-electron chi connectivity index (χ2n) is 3.57. The minimum absolute atomic E-state index is 0.0931. The maximum absolute atomic E-state index is 10.4. The van der Waals surface area contributed by atoms with E-state index in [9.17, 15) is 4.79 Å². The van der Waals surface area contributed by atoms with Gasteiger partial charge in [-0.1, -0.05) is 13.8 Å². The summed E-state index contributed by atoms with van der Waals surface area (Å²) in [7, 11) is 0. The lowest BCUT2D eigenvalue weighted by molar-refractivity contribution is 0.187. The third-order valence-electron chi connectivity index (χ3n) is 1.67. The van der Waals surface area contributed by atoms with E-state index >= 15 is 0 Å². The molecule has 0 rings (SSSR count). The lowest BCUT2D eigenvalue weighted by Gasteiger charge is -2.18. The summed E-state index contributed by atoms with van der Waals surface area (Å²) in [6.45, 7) is 3.93. The fourth-order valence-corrected chi connectivity index (χ4v) is 1.23. The van der Waals surface area contributed by atoms with Crippen molar-refractivity contribution in [3.8, 4) is 0 Å². The van der Waals surface area contributed by atoms with E-state index in [2.05, 4.69) is 5.32 Å². The van der Waals surface area contributed by atoms with Gasteiger partial charge in [-0.3, -0.25) is 16.1 Å². The third kappa shape index (κ3) is 6.24. The monoisotopic (exact) mass is 203 g/mol. The first kappa shape index (κ1) is 12.7. The van der Waals surface area contributed by atoms with Gasteiger partial charge in [0, 0.05) is 12.5 Å². The van der Waals surface area contributed by atoms with Crippen molar-refractivity contribution in [1.29, 1.82) is 5.41 Å². The molecule has 1 atom stereocenters. The van der Waals surface area contributed by atoms with E-state index in [4.69, 9.17) is 15.7 Å². The van der Waals surface area contributed by atoms with Crippen LogP contribution in [0.4, 0.5) is 4.79 Å². The van der Waals surface area contributed by atoms with E-state index in [0.717, 1.165) is 0 Å². The average Bonchev–Trinajstić information content (AvgIpc) is 2.01. The highest BCUT2D eigenvalue weighted by Crippen LogP contribution is 2.07. The summed E-state index contributed by atoms with van der Waals surface area (Å²) in [5.41, 5.74) is 1.69. The summed E-state index contributed by atoms with van der Waals surface area (Å²) >= 11 is 0. The molecule has 0 spiro atoms. The molecule has 0 saturated heterocycles. The lowest BCUT2D eigenvalue weighted by atomic mass is 10.0. The molecule has 6 heteroatoms. The van der Waals surface area contributed by atoms with Crippen LogP contribution in [0.15, 0.2) is 0 Å². The highest BCUT2D eigenvalue weighted by Gasteiger charge is 2.15. The van der Waals surface area contributed by atoms with Crippen LogP contribution in [0, 0.1) is 11.3 Å². The van der Waals surface area contributed by atoms with Gasteiger partial charge in [0.25, 0.3) is 0 Å². The molecule has 0 aromatic carbocycles. The second kappa shape index (κ2) is 6.20. The summed E-state index contributed by atoms with van der Waals surface area (Å²) in [5, 5.41) is 26.4. The van der Waals surface area contributed by atoms with E-state index in [1.165, 1.54) is 0 Å². The van der Waals surface area contributed by atoms with Gasteiger partial charge in [0.05, 0.1) is 0 Å². The minimum atomic E-state index is -1.11. The highest BCUT2D eigenvalue weighted by molar-refractivity contribution is 5.79. The summed E-state index contributed by atoms with van der Waals surface area (Å²) in [6.07, 6.45) is -0.307. The Kier molecular flexibility index (Phi) is 5.62. The number of hydrogen-bond donors (Lipinski definition) is 5. The zero-order chi connectivity index (χ0) is 11.1. The van der Waals surface area contributed by atoms with Crippen LogP contribution in [0.1, 0.15) is 26.7 Å². The van der Waals surface area contributed by atoms with Crippen LogP contribution in [-0.2, 0) is 0 Å².